The van der Waals surface area contributed by atoms with Crippen LogP contribution < -0.4 is 0 Å². The molecular formula is C8H8F2O3. The second kappa shape index (κ2) is 3.68. The van der Waals surface area contributed by atoms with Crippen molar-refractivity contribution in [3.05, 3.63) is 29.3 Å². The number of ether oxygens (including phenoxy) is 1. The van der Waals surface area contributed by atoms with Crippen molar-refractivity contribution < 1.29 is 23.7 Å². The molecule has 1 atom stereocenters. The molecule has 1 unspecified atom stereocenters. The van der Waals surface area contributed by atoms with Crippen LogP contribution in [0.15, 0.2) is 12.1 Å². The molecule has 0 saturated heterocycles. The van der Waals surface area contributed by atoms with Crippen LogP contribution in [0.4, 0.5) is 8.78 Å². The second-order valence-corrected chi connectivity index (χ2v) is 2.41. The van der Waals surface area contributed by atoms with Crippen molar-refractivity contribution in [2.24, 2.45) is 0 Å². The van der Waals surface area contributed by atoms with E-state index in [9.17, 15) is 8.78 Å². The summed E-state index contributed by atoms with van der Waals surface area (Å²) in [6.07, 6.45) is -1.53. The Morgan fingerprint density at radius 1 is 1.31 bits per heavy atom. The van der Waals surface area contributed by atoms with Gasteiger partial charge in [0.25, 0.3) is 0 Å². The summed E-state index contributed by atoms with van der Waals surface area (Å²) in [6, 6.07) is 1.26. The van der Waals surface area contributed by atoms with E-state index in [-0.39, 0.29) is 5.56 Å². The summed E-state index contributed by atoms with van der Waals surface area (Å²) in [5.41, 5.74) is -0.349. The normalized spacial score (nSPS) is 12.9. The third-order valence-electron chi connectivity index (χ3n) is 1.56. The zero-order valence-corrected chi connectivity index (χ0v) is 6.79. The molecule has 0 fully saturated rings. The maximum atomic E-state index is 12.9. The van der Waals surface area contributed by atoms with Crippen molar-refractivity contribution in [2.45, 2.75) is 6.29 Å². The number of hydrogen-bond donors (Lipinski definition) is 2. The number of benzene rings is 1. The first-order chi connectivity index (χ1) is 6.06. The number of aromatic hydroxyl groups is 1. The molecule has 0 aliphatic heterocycles. The summed E-state index contributed by atoms with van der Waals surface area (Å²) >= 11 is 0. The van der Waals surface area contributed by atoms with Gasteiger partial charge in [0.15, 0.2) is 17.9 Å². The minimum absolute atomic E-state index is 0.349. The van der Waals surface area contributed by atoms with Crippen LogP contribution in [0.5, 0.6) is 5.75 Å². The highest BCUT2D eigenvalue weighted by Crippen LogP contribution is 2.24. The molecule has 0 aromatic heterocycles. The molecule has 0 bridgehead atoms. The van der Waals surface area contributed by atoms with Gasteiger partial charge in [-0.1, -0.05) is 0 Å². The Morgan fingerprint density at radius 2 is 1.92 bits per heavy atom. The smallest absolute Gasteiger partial charge is 0.183 e. The number of aliphatic hydroxyl groups excluding tert-OH is 1. The molecule has 0 saturated carbocycles. The Bertz CT molecular complexity index is 315. The molecule has 0 aliphatic rings. The third kappa shape index (κ3) is 1.93. The lowest BCUT2D eigenvalue weighted by Gasteiger charge is -2.09. The van der Waals surface area contributed by atoms with Crippen molar-refractivity contribution >= 4 is 0 Å². The van der Waals surface area contributed by atoms with Crippen LogP contribution in [0, 0.1) is 11.6 Å². The van der Waals surface area contributed by atoms with Crippen LogP contribution in [0.25, 0.3) is 0 Å². The van der Waals surface area contributed by atoms with E-state index in [0.29, 0.717) is 12.1 Å². The Morgan fingerprint density at radius 3 is 2.46 bits per heavy atom. The molecule has 1 rings (SSSR count). The van der Waals surface area contributed by atoms with Crippen molar-refractivity contribution in [1.82, 2.24) is 0 Å². The molecule has 5 heteroatoms. The maximum absolute atomic E-state index is 12.9. The van der Waals surface area contributed by atoms with Crippen LogP contribution in [-0.4, -0.2) is 17.3 Å². The third-order valence-corrected chi connectivity index (χ3v) is 1.56. The summed E-state index contributed by atoms with van der Waals surface area (Å²) < 4.78 is 30.0. The number of phenols is 1. The molecule has 0 aliphatic carbocycles. The van der Waals surface area contributed by atoms with Gasteiger partial charge >= 0.3 is 0 Å². The standard InChI is InChI=1S/C8H8F2O3/c1-13-8(12)4-2-6(10)7(11)3-5(4)9/h2-3,8,11-12H,1H3. The average Bonchev–Trinajstić information content (AvgIpc) is 2.10. The largest absolute Gasteiger partial charge is 0.505 e. The highest BCUT2D eigenvalue weighted by atomic mass is 19.1. The van der Waals surface area contributed by atoms with E-state index >= 15 is 0 Å². The van der Waals surface area contributed by atoms with E-state index in [1.54, 1.807) is 0 Å². The molecule has 2 N–H and O–H groups in total. The van der Waals surface area contributed by atoms with Gasteiger partial charge in [-0.25, -0.2) is 8.78 Å². The van der Waals surface area contributed by atoms with Gasteiger partial charge in [-0.05, 0) is 6.07 Å². The van der Waals surface area contributed by atoms with Gasteiger partial charge in [0.05, 0.1) is 0 Å². The molecule has 0 heterocycles. The van der Waals surface area contributed by atoms with Crippen molar-refractivity contribution in [2.75, 3.05) is 7.11 Å². The fourth-order valence-corrected chi connectivity index (χ4v) is 0.868. The van der Waals surface area contributed by atoms with Crippen LogP contribution >= 0.6 is 0 Å². The molecule has 1 aromatic rings. The van der Waals surface area contributed by atoms with Gasteiger partial charge in [-0.3, -0.25) is 0 Å². The molecular weight excluding hydrogens is 182 g/mol. The van der Waals surface area contributed by atoms with Gasteiger partial charge in [-0.2, -0.15) is 0 Å². The minimum atomic E-state index is -1.53. The number of hydrogen-bond acceptors (Lipinski definition) is 3. The molecule has 13 heavy (non-hydrogen) atoms. The first-order valence-corrected chi connectivity index (χ1v) is 3.45. The lowest BCUT2D eigenvalue weighted by molar-refractivity contribution is -0.0792. The average molecular weight is 190 g/mol. The van der Waals surface area contributed by atoms with E-state index in [0.717, 1.165) is 7.11 Å². The zero-order valence-electron chi connectivity index (χ0n) is 6.79. The first kappa shape index (κ1) is 9.88. The van der Waals surface area contributed by atoms with Gasteiger partial charge in [0.2, 0.25) is 0 Å². The minimum Gasteiger partial charge on any atom is -0.505 e. The van der Waals surface area contributed by atoms with Crippen molar-refractivity contribution in [1.29, 1.82) is 0 Å². The Labute approximate surface area is 73.2 Å². The molecule has 3 nitrogen and oxygen atoms in total. The lowest BCUT2D eigenvalue weighted by Crippen LogP contribution is -2.03. The Hall–Kier alpha value is -1.20. The van der Waals surface area contributed by atoms with Crippen LogP contribution in [0.1, 0.15) is 11.9 Å². The Kier molecular flexibility index (Phi) is 2.79. The molecule has 0 amide bonds. The maximum Gasteiger partial charge on any atom is 0.183 e. The van der Waals surface area contributed by atoms with Gasteiger partial charge in [-0.15, -0.1) is 0 Å². The topological polar surface area (TPSA) is 49.7 Å². The van der Waals surface area contributed by atoms with Crippen molar-refractivity contribution in [3.8, 4) is 5.75 Å². The SMILES string of the molecule is COC(O)c1cc(F)c(O)cc1F. The van der Waals surface area contributed by atoms with Crippen LogP contribution in [0.2, 0.25) is 0 Å². The highest BCUT2D eigenvalue weighted by Gasteiger charge is 2.15. The fourth-order valence-electron chi connectivity index (χ4n) is 0.868. The van der Waals surface area contributed by atoms with E-state index in [2.05, 4.69) is 4.74 Å². The van der Waals surface area contributed by atoms with Crippen LogP contribution in [0.3, 0.4) is 0 Å². The van der Waals surface area contributed by atoms with Gasteiger partial charge in [0, 0.05) is 18.7 Å². The summed E-state index contributed by atoms with van der Waals surface area (Å²) in [4.78, 5) is 0. The molecule has 0 spiro atoms. The number of halogens is 2. The van der Waals surface area contributed by atoms with E-state index in [4.69, 9.17) is 10.2 Å². The highest BCUT2D eigenvalue weighted by molar-refractivity contribution is 5.30. The lowest BCUT2D eigenvalue weighted by atomic mass is 10.2. The van der Waals surface area contributed by atoms with E-state index in [1.165, 1.54) is 0 Å². The second-order valence-electron chi connectivity index (χ2n) is 2.41. The van der Waals surface area contributed by atoms with Gasteiger partial charge in [0.1, 0.15) is 5.82 Å². The summed E-state index contributed by atoms with van der Waals surface area (Å²) in [5.74, 6) is -2.73. The van der Waals surface area contributed by atoms with E-state index in [1.807, 2.05) is 0 Å². The summed E-state index contributed by atoms with van der Waals surface area (Å²) in [7, 11) is 1.15. The predicted molar refractivity (Wildman–Crippen MR) is 40.0 cm³/mol. The molecule has 0 radical (unpaired) electrons. The number of methoxy groups -OCH3 is 1. The Balaban J connectivity index is 3.15. The quantitative estimate of drug-likeness (QED) is 0.691. The number of rotatable bonds is 2. The monoisotopic (exact) mass is 190 g/mol. The number of aliphatic hydroxyl groups is 1. The first-order valence-electron chi connectivity index (χ1n) is 3.45. The predicted octanol–water partition coefficient (Wildman–Crippen LogP) is 1.31. The zero-order chi connectivity index (χ0) is 10.0. The fraction of sp³-hybridized carbons (Fsp3) is 0.250. The van der Waals surface area contributed by atoms with Crippen LogP contribution in [-0.2, 0) is 4.74 Å². The van der Waals surface area contributed by atoms with E-state index < -0.39 is 23.7 Å². The molecule has 1 aromatic carbocycles. The summed E-state index contributed by atoms with van der Waals surface area (Å²) in [6.45, 7) is 0. The van der Waals surface area contributed by atoms with Crippen molar-refractivity contribution in [3.63, 3.8) is 0 Å². The number of phenolic OH excluding ortho intramolecular Hbond substituents is 1. The van der Waals surface area contributed by atoms with Gasteiger partial charge < -0.3 is 14.9 Å². The summed E-state index contributed by atoms with van der Waals surface area (Å²) in [5, 5.41) is 17.8. The molecule has 72 valence electrons.